The van der Waals surface area contributed by atoms with E-state index in [4.69, 9.17) is 0 Å². The number of thiophene rings is 1. The SMILES string of the molecule is Cc1ccc(Br)c(-c2ccc(C(=O)C(C)C)s2)c1. The number of benzene rings is 1. The summed E-state index contributed by atoms with van der Waals surface area (Å²) >= 11 is 5.13. The number of ketones is 1. The second-order valence-electron chi connectivity index (χ2n) is 4.67. The van der Waals surface area contributed by atoms with Crippen LogP contribution in [-0.2, 0) is 0 Å². The van der Waals surface area contributed by atoms with E-state index in [9.17, 15) is 4.79 Å². The Bertz CT molecular complexity index is 584. The Morgan fingerprint density at radius 3 is 2.61 bits per heavy atom. The van der Waals surface area contributed by atoms with Gasteiger partial charge in [-0.1, -0.05) is 41.4 Å². The van der Waals surface area contributed by atoms with E-state index in [-0.39, 0.29) is 11.7 Å². The lowest BCUT2D eigenvalue weighted by atomic mass is 10.1. The topological polar surface area (TPSA) is 17.1 Å². The zero-order valence-corrected chi connectivity index (χ0v) is 13.1. The number of hydrogen-bond donors (Lipinski definition) is 0. The minimum atomic E-state index is 0.0532. The Morgan fingerprint density at radius 1 is 1.22 bits per heavy atom. The van der Waals surface area contributed by atoms with Gasteiger partial charge in [0.15, 0.2) is 5.78 Å². The fourth-order valence-electron chi connectivity index (χ4n) is 1.73. The molecule has 0 aliphatic heterocycles. The fraction of sp³-hybridized carbons (Fsp3) is 0.267. The minimum absolute atomic E-state index is 0.0532. The Hall–Kier alpha value is -0.930. The number of hydrogen-bond acceptors (Lipinski definition) is 2. The molecule has 0 saturated carbocycles. The van der Waals surface area contributed by atoms with Gasteiger partial charge in [0.05, 0.1) is 4.88 Å². The highest BCUT2D eigenvalue weighted by molar-refractivity contribution is 9.10. The van der Waals surface area contributed by atoms with Gasteiger partial charge in [0.2, 0.25) is 0 Å². The maximum Gasteiger partial charge on any atom is 0.175 e. The molecule has 0 radical (unpaired) electrons. The van der Waals surface area contributed by atoms with Crippen LogP contribution in [0, 0.1) is 12.8 Å². The van der Waals surface area contributed by atoms with Crippen molar-refractivity contribution >= 4 is 33.0 Å². The maximum atomic E-state index is 11.9. The van der Waals surface area contributed by atoms with E-state index in [0.717, 1.165) is 19.8 Å². The molecule has 0 atom stereocenters. The van der Waals surface area contributed by atoms with Gasteiger partial charge in [-0.25, -0.2) is 0 Å². The normalized spacial score (nSPS) is 10.9. The molecule has 1 aromatic carbocycles. The first-order valence-corrected chi connectivity index (χ1v) is 7.50. The number of carbonyl (C=O) groups is 1. The largest absolute Gasteiger partial charge is 0.293 e. The van der Waals surface area contributed by atoms with Gasteiger partial charge in [0, 0.05) is 20.8 Å². The highest BCUT2D eigenvalue weighted by atomic mass is 79.9. The molecule has 0 spiro atoms. The molecule has 2 aromatic rings. The monoisotopic (exact) mass is 322 g/mol. The van der Waals surface area contributed by atoms with Crippen molar-refractivity contribution in [1.82, 2.24) is 0 Å². The summed E-state index contributed by atoms with van der Waals surface area (Å²) in [5.74, 6) is 0.271. The summed E-state index contributed by atoms with van der Waals surface area (Å²) < 4.78 is 1.07. The molecule has 2 rings (SSSR count). The third-order valence-electron chi connectivity index (χ3n) is 2.76. The summed E-state index contributed by atoms with van der Waals surface area (Å²) in [7, 11) is 0. The molecule has 1 heterocycles. The molecule has 1 nitrogen and oxygen atoms in total. The molecular formula is C15H15BrOS. The van der Waals surface area contributed by atoms with Crippen molar-refractivity contribution in [3.05, 3.63) is 45.2 Å². The molecule has 0 bridgehead atoms. The molecule has 0 amide bonds. The first-order chi connectivity index (χ1) is 8.49. The van der Waals surface area contributed by atoms with Gasteiger partial charge in [0.1, 0.15) is 0 Å². The van der Waals surface area contributed by atoms with Crippen LogP contribution < -0.4 is 0 Å². The molecule has 0 saturated heterocycles. The van der Waals surface area contributed by atoms with Crippen LogP contribution in [0.25, 0.3) is 10.4 Å². The van der Waals surface area contributed by atoms with Crippen LogP contribution in [0.5, 0.6) is 0 Å². The number of halogens is 1. The lowest BCUT2D eigenvalue weighted by Gasteiger charge is -2.03. The molecule has 0 unspecified atom stereocenters. The Labute approximate surface area is 120 Å². The van der Waals surface area contributed by atoms with Crippen molar-refractivity contribution in [2.45, 2.75) is 20.8 Å². The second kappa shape index (κ2) is 5.37. The molecule has 0 fully saturated rings. The number of Topliss-reactive ketones (excluding diaryl/α,β-unsaturated/α-hetero) is 1. The Kier molecular flexibility index (Phi) is 4.03. The van der Waals surface area contributed by atoms with Crippen molar-refractivity contribution in [3.8, 4) is 10.4 Å². The van der Waals surface area contributed by atoms with Crippen LogP contribution in [-0.4, -0.2) is 5.78 Å². The molecule has 0 aliphatic carbocycles. The summed E-state index contributed by atoms with van der Waals surface area (Å²) in [6.07, 6.45) is 0. The third-order valence-corrected chi connectivity index (χ3v) is 4.59. The molecule has 3 heteroatoms. The average molecular weight is 323 g/mol. The number of carbonyl (C=O) groups excluding carboxylic acids is 1. The predicted octanol–water partition coefficient (Wildman–Crippen LogP) is 5.32. The molecule has 0 N–H and O–H groups in total. The van der Waals surface area contributed by atoms with E-state index >= 15 is 0 Å². The van der Waals surface area contributed by atoms with E-state index in [1.807, 2.05) is 32.0 Å². The average Bonchev–Trinajstić information content (AvgIpc) is 2.80. The lowest BCUT2D eigenvalue weighted by molar-refractivity contribution is 0.0943. The van der Waals surface area contributed by atoms with Crippen molar-refractivity contribution in [3.63, 3.8) is 0 Å². The zero-order chi connectivity index (χ0) is 13.3. The summed E-state index contributed by atoms with van der Waals surface area (Å²) in [4.78, 5) is 13.9. The van der Waals surface area contributed by atoms with Gasteiger partial charge in [-0.05, 0) is 31.2 Å². The van der Waals surface area contributed by atoms with Crippen molar-refractivity contribution in [1.29, 1.82) is 0 Å². The molecule has 94 valence electrons. The van der Waals surface area contributed by atoms with E-state index in [1.54, 1.807) is 11.3 Å². The molecule has 1 aromatic heterocycles. The Balaban J connectivity index is 2.41. The first-order valence-electron chi connectivity index (χ1n) is 5.89. The standard InChI is InChI=1S/C15H15BrOS/c1-9(2)15(17)14-7-6-13(18-14)11-8-10(3)4-5-12(11)16/h4-9H,1-3H3. The molecule has 18 heavy (non-hydrogen) atoms. The van der Waals surface area contributed by atoms with Crippen LogP contribution in [0.4, 0.5) is 0 Å². The Morgan fingerprint density at radius 2 is 1.94 bits per heavy atom. The van der Waals surface area contributed by atoms with E-state index in [0.29, 0.717) is 0 Å². The van der Waals surface area contributed by atoms with Crippen LogP contribution in [0.3, 0.4) is 0 Å². The van der Waals surface area contributed by atoms with Gasteiger partial charge in [0.25, 0.3) is 0 Å². The van der Waals surface area contributed by atoms with Crippen molar-refractivity contribution in [2.75, 3.05) is 0 Å². The van der Waals surface area contributed by atoms with Crippen LogP contribution >= 0.6 is 27.3 Å². The third kappa shape index (κ3) is 2.73. The smallest absolute Gasteiger partial charge is 0.175 e. The van der Waals surface area contributed by atoms with E-state index < -0.39 is 0 Å². The van der Waals surface area contributed by atoms with Crippen LogP contribution in [0.1, 0.15) is 29.1 Å². The van der Waals surface area contributed by atoms with Gasteiger partial charge in [-0.15, -0.1) is 11.3 Å². The lowest BCUT2D eigenvalue weighted by Crippen LogP contribution is -2.04. The number of aryl methyl sites for hydroxylation is 1. The highest BCUT2D eigenvalue weighted by Gasteiger charge is 2.14. The van der Waals surface area contributed by atoms with Crippen molar-refractivity contribution < 1.29 is 4.79 Å². The summed E-state index contributed by atoms with van der Waals surface area (Å²) in [5, 5.41) is 0. The zero-order valence-electron chi connectivity index (χ0n) is 10.7. The van der Waals surface area contributed by atoms with Gasteiger partial charge in [-0.2, -0.15) is 0 Å². The number of rotatable bonds is 3. The van der Waals surface area contributed by atoms with Crippen molar-refractivity contribution in [2.24, 2.45) is 5.92 Å². The second-order valence-corrected chi connectivity index (χ2v) is 6.60. The molecule has 0 aliphatic rings. The summed E-state index contributed by atoms with van der Waals surface area (Å²) in [5.41, 5.74) is 2.38. The summed E-state index contributed by atoms with van der Waals surface area (Å²) in [6.45, 7) is 5.94. The van der Waals surface area contributed by atoms with E-state index in [1.165, 1.54) is 5.56 Å². The quantitative estimate of drug-likeness (QED) is 0.698. The van der Waals surface area contributed by atoms with Gasteiger partial charge >= 0.3 is 0 Å². The minimum Gasteiger partial charge on any atom is -0.293 e. The summed E-state index contributed by atoms with van der Waals surface area (Å²) in [6, 6.07) is 10.2. The highest BCUT2D eigenvalue weighted by Crippen LogP contribution is 2.34. The fourth-order valence-corrected chi connectivity index (χ4v) is 3.44. The van der Waals surface area contributed by atoms with Crippen LogP contribution in [0.15, 0.2) is 34.8 Å². The predicted molar refractivity (Wildman–Crippen MR) is 81.4 cm³/mol. The molecular weight excluding hydrogens is 308 g/mol. The van der Waals surface area contributed by atoms with Crippen LogP contribution in [0.2, 0.25) is 0 Å². The van der Waals surface area contributed by atoms with Gasteiger partial charge in [-0.3, -0.25) is 4.79 Å². The first kappa shape index (κ1) is 13.5. The van der Waals surface area contributed by atoms with E-state index in [2.05, 4.69) is 35.0 Å². The van der Waals surface area contributed by atoms with Gasteiger partial charge < -0.3 is 0 Å². The maximum absolute atomic E-state index is 11.9.